The molecule has 1 aromatic rings. The summed E-state index contributed by atoms with van der Waals surface area (Å²) in [5.41, 5.74) is 1.93. The number of likely N-dealkylation sites (N-methyl/N-ethyl adjacent to an activating group) is 1. The van der Waals surface area contributed by atoms with Gasteiger partial charge in [0.15, 0.2) is 0 Å². The summed E-state index contributed by atoms with van der Waals surface area (Å²) in [7, 11) is 2.08. The summed E-state index contributed by atoms with van der Waals surface area (Å²) in [6, 6.07) is 2.21. The molecule has 66 valence electrons. The highest BCUT2D eigenvalue weighted by atomic mass is 32.1. The van der Waals surface area contributed by atoms with Crippen LogP contribution in [-0.2, 0) is 6.42 Å². The molecule has 1 fully saturated rings. The number of hydrogen-bond donors (Lipinski definition) is 1. The molecule has 2 rings (SSSR count). The molecule has 1 aliphatic carbocycles. The van der Waals surface area contributed by atoms with E-state index in [2.05, 4.69) is 30.7 Å². The zero-order chi connectivity index (χ0) is 8.60. The second-order valence-corrected chi connectivity index (χ2v) is 4.73. The smallest absolute Gasteiger partial charge is 0.0228 e. The summed E-state index contributed by atoms with van der Waals surface area (Å²) in [5, 5.41) is 5.62. The predicted octanol–water partition coefficient (Wildman–Crippen LogP) is 2.35. The van der Waals surface area contributed by atoms with E-state index in [4.69, 9.17) is 0 Å². The van der Waals surface area contributed by atoms with Gasteiger partial charge in [0.05, 0.1) is 0 Å². The molecule has 0 atom stereocenters. The van der Waals surface area contributed by atoms with Crippen molar-refractivity contribution in [3.8, 4) is 0 Å². The van der Waals surface area contributed by atoms with Crippen molar-refractivity contribution in [2.24, 2.45) is 0 Å². The number of rotatable bonds is 3. The normalized spacial score (nSPS) is 19.5. The van der Waals surface area contributed by atoms with E-state index < -0.39 is 0 Å². The Morgan fingerprint density at radius 2 is 2.33 bits per heavy atom. The van der Waals surface area contributed by atoms with Crippen molar-refractivity contribution in [2.45, 2.75) is 31.7 Å². The minimum Gasteiger partial charge on any atom is -0.314 e. The second-order valence-electron chi connectivity index (χ2n) is 3.73. The Kier molecular flexibility index (Phi) is 1.97. The fourth-order valence-electron chi connectivity index (χ4n) is 1.56. The highest BCUT2D eigenvalue weighted by molar-refractivity contribution is 7.10. The number of thiophene rings is 1. The van der Waals surface area contributed by atoms with Crippen LogP contribution in [0.25, 0.3) is 0 Å². The molecule has 12 heavy (non-hydrogen) atoms. The quantitative estimate of drug-likeness (QED) is 0.755. The Morgan fingerprint density at radius 3 is 2.75 bits per heavy atom. The van der Waals surface area contributed by atoms with Gasteiger partial charge in [-0.2, -0.15) is 0 Å². The largest absolute Gasteiger partial charge is 0.314 e. The first kappa shape index (κ1) is 8.27. The van der Waals surface area contributed by atoms with Crippen LogP contribution in [-0.4, -0.2) is 12.6 Å². The molecule has 1 aliphatic rings. The van der Waals surface area contributed by atoms with Gasteiger partial charge in [-0.1, -0.05) is 0 Å². The molecule has 1 heterocycles. The van der Waals surface area contributed by atoms with E-state index in [1.165, 1.54) is 24.8 Å². The lowest BCUT2D eigenvalue weighted by atomic mass is 10.1. The van der Waals surface area contributed by atoms with E-state index >= 15 is 0 Å². The van der Waals surface area contributed by atoms with Crippen molar-refractivity contribution in [3.05, 3.63) is 21.9 Å². The highest BCUT2D eigenvalue weighted by Crippen LogP contribution is 2.39. The summed E-state index contributed by atoms with van der Waals surface area (Å²) < 4.78 is 0. The molecule has 0 saturated heterocycles. The van der Waals surface area contributed by atoms with Gasteiger partial charge in [-0.3, -0.25) is 0 Å². The summed E-state index contributed by atoms with van der Waals surface area (Å²) >= 11 is 1.89. The van der Waals surface area contributed by atoms with E-state index in [9.17, 15) is 0 Å². The molecule has 1 nitrogen and oxygen atoms in total. The Hall–Kier alpha value is -0.340. The molecule has 0 spiro atoms. The minimum absolute atomic E-state index is 0.468. The van der Waals surface area contributed by atoms with Crippen LogP contribution in [0.2, 0.25) is 0 Å². The van der Waals surface area contributed by atoms with Gasteiger partial charge in [-0.25, -0.2) is 0 Å². The Morgan fingerprint density at radius 1 is 1.58 bits per heavy atom. The van der Waals surface area contributed by atoms with Gasteiger partial charge in [0, 0.05) is 16.8 Å². The molecule has 1 N–H and O–H groups in total. The van der Waals surface area contributed by atoms with Crippen LogP contribution < -0.4 is 5.32 Å². The maximum Gasteiger partial charge on any atom is 0.0228 e. The van der Waals surface area contributed by atoms with Crippen molar-refractivity contribution >= 4 is 11.3 Å². The molecule has 0 radical (unpaired) electrons. The van der Waals surface area contributed by atoms with Gasteiger partial charge in [-0.15, -0.1) is 11.3 Å². The second kappa shape index (κ2) is 2.86. The number of aryl methyl sites for hydroxylation is 1. The van der Waals surface area contributed by atoms with Crippen LogP contribution in [0.3, 0.4) is 0 Å². The van der Waals surface area contributed by atoms with E-state index in [0.717, 1.165) is 0 Å². The predicted molar refractivity (Wildman–Crippen MR) is 53.8 cm³/mol. The van der Waals surface area contributed by atoms with Crippen molar-refractivity contribution in [2.75, 3.05) is 7.05 Å². The molecule has 0 bridgehead atoms. The summed E-state index contributed by atoms with van der Waals surface area (Å²) in [6.45, 7) is 2.21. The first-order chi connectivity index (χ1) is 5.76. The average molecular weight is 181 g/mol. The standard InChI is InChI=1S/C10H15NS/c1-8-3-6-12-9(8)7-10(11-2)4-5-10/h3,6,11H,4-5,7H2,1-2H3. The topological polar surface area (TPSA) is 12.0 Å². The summed E-state index contributed by atoms with van der Waals surface area (Å²) in [6.07, 6.45) is 3.93. The molecule has 1 aromatic heterocycles. The summed E-state index contributed by atoms with van der Waals surface area (Å²) in [4.78, 5) is 1.56. The maximum atomic E-state index is 3.42. The maximum absolute atomic E-state index is 3.42. The average Bonchev–Trinajstić information content (AvgIpc) is 2.74. The first-order valence-corrected chi connectivity index (χ1v) is 5.36. The fraction of sp³-hybridized carbons (Fsp3) is 0.600. The van der Waals surface area contributed by atoms with E-state index in [0.29, 0.717) is 5.54 Å². The van der Waals surface area contributed by atoms with Gasteiger partial charge in [0.2, 0.25) is 0 Å². The minimum atomic E-state index is 0.468. The number of nitrogens with one attached hydrogen (secondary N) is 1. The van der Waals surface area contributed by atoms with E-state index in [-0.39, 0.29) is 0 Å². The van der Waals surface area contributed by atoms with Crippen LogP contribution in [0, 0.1) is 6.92 Å². The lowest BCUT2D eigenvalue weighted by molar-refractivity contribution is 0.552. The monoisotopic (exact) mass is 181 g/mol. The molecular formula is C10H15NS. The molecular weight excluding hydrogens is 166 g/mol. The van der Waals surface area contributed by atoms with Crippen LogP contribution in [0.5, 0.6) is 0 Å². The molecule has 0 aromatic carbocycles. The highest BCUT2D eigenvalue weighted by Gasteiger charge is 2.41. The van der Waals surface area contributed by atoms with Gasteiger partial charge >= 0.3 is 0 Å². The number of hydrogen-bond acceptors (Lipinski definition) is 2. The van der Waals surface area contributed by atoms with Gasteiger partial charge < -0.3 is 5.32 Å². The van der Waals surface area contributed by atoms with Crippen LogP contribution in [0.4, 0.5) is 0 Å². The van der Waals surface area contributed by atoms with Crippen LogP contribution in [0.15, 0.2) is 11.4 Å². The van der Waals surface area contributed by atoms with Gasteiger partial charge in [0.25, 0.3) is 0 Å². The van der Waals surface area contributed by atoms with Crippen LogP contribution >= 0.6 is 11.3 Å². The van der Waals surface area contributed by atoms with Gasteiger partial charge in [-0.05, 0) is 43.8 Å². The molecule has 0 amide bonds. The zero-order valence-electron chi connectivity index (χ0n) is 7.68. The zero-order valence-corrected chi connectivity index (χ0v) is 8.50. The van der Waals surface area contributed by atoms with Crippen molar-refractivity contribution < 1.29 is 0 Å². The van der Waals surface area contributed by atoms with E-state index in [1.807, 2.05) is 11.3 Å². The third-order valence-corrected chi connectivity index (χ3v) is 3.87. The lowest BCUT2D eigenvalue weighted by Gasteiger charge is -2.12. The molecule has 2 heteroatoms. The molecule has 1 saturated carbocycles. The molecule has 0 unspecified atom stereocenters. The van der Waals surface area contributed by atoms with E-state index in [1.54, 1.807) is 4.88 Å². The third-order valence-electron chi connectivity index (χ3n) is 2.85. The van der Waals surface area contributed by atoms with Crippen molar-refractivity contribution in [3.63, 3.8) is 0 Å². The lowest BCUT2D eigenvalue weighted by Crippen LogP contribution is -2.29. The summed E-state index contributed by atoms with van der Waals surface area (Å²) in [5.74, 6) is 0. The van der Waals surface area contributed by atoms with Gasteiger partial charge in [0.1, 0.15) is 0 Å². The van der Waals surface area contributed by atoms with Crippen molar-refractivity contribution in [1.29, 1.82) is 0 Å². The fourth-order valence-corrected chi connectivity index (χ4v) is 2.61. The van der Waals surface area contributed by atoms with Crippen LogP contribution in [0.1, 0.15) is 23.3 Å². The van der Waals surface area contributed by atoms with Crippen molar-refractivity contribution in [1.82, 2.24) is 5.32 Å². The molecule has 0 aliphatic heterocycles. The Bertz CT molecular complexity index is 273. The Balaban J connectivity index is 2.08. The third kappa shape index (κ3) is 1.41. The Labute approximate surface area is 77.8 Å². The first-order valence-electron chi connectivity index (χ1n) is 4.48. The SMILES string of the molecule is CNC1(Cc2sccc2C)CC1.